The van der Waals surface area contributed by atoms with Crippen LogP contribution in [0.25, 0.3) is 11.1 Å². The highest BCUT2D eigenvalue weighted by atomic mass is 35.5. The van der Waals surface area contributed by atoms with E-state index in [9.17, 15) is 0 Å². The molecule has 2 aromatic heterocycles. The lowest BCUT2D eigenvalue weighted by Gasteiger charge is -2.27. The maximum atomic E-state index is 6.48. The summed E-state index contributed by atoms with van der Waals surface area (Å²) in [7, 11) is 0. The largest absolute Gasteiger partial charge is 0.382 e. The molecular weight excluding hydrogens is 421 g/mol. The van der Waals surface area contributed by atoms with Crippen molar-refractivity contribution < 1.29 is 4.74 Å². The Labute approximate surface area is 187 Å². The van der Waals surface area contributed by atoms with Crippen LogP contribution in [0.15, 0.2) is 24.5 Å². The third-order valence-electron chi connectivity index (χ3n) is 6.05. The Hall–Kier alpha value is -1.60. The molecule has 0 amide bonds. The number of anilines is 2. The van der Waals surface area contributed by atoms with Crippen LogP contribution in [0.2, 0.25) is 10.2 Å². The fourth-order valence-electron chi connectivity index (χ4n) is 4.14. The van der Waals surface area contributed by atoms with E-state index in [1.807, 2.05) is 12.1 Å². The molecule has 8 heteroatoms. The number of ether oxygens (including phenoxy) is 1. The molecule has 4 rings (SSSR count). The fourth-order valence-corrected chi connectivity index (χ4v) is 4.52. The Morgan fingerprint density at radius 1 is 1.00 bits per heavy atom. The van der Waals surface area contributed by atoms with E-state index in [1.54, 1.807) is 12.4 Å². The number of hydrogen-bond acceptors (Lipinski definition) is 6. The van der Waals surface area contributed by atoms with Crippen molar-refractivity contribution in [1.29, 1.82) is 0 Å². The molecule has 1 saturated carbocycles. The molecular formula is C22H29Cl2N5O. The van der Waals surface area contributed by atoms with Crippen molar-refractivity contribution >= 4 is 34.7 Å². The fraction of sp³-hybridized carbons (Fsp3) is 0.545. The van der Waals surface area contributed by atoms with Crippen molar-refractivity contribution in [2.24, 2.45) is 11.7 Å². The number of halogens is 2. The monoisotopic (exact) mass is 449 g/mol. The number of hydrogen-bond donors (Lipinski definition) is 3. The second-order valence-corrected chi connectivity index (χ2v) is 9.07. The van der Waals surface area contributed by atoms with Gasteiger partial charge in [-0.05, 0) is 56.6 Å². The van der Waals surface area contributed by atoms with Gasteiger partial charge >= 0.3 is 0 Å². The predicted octanol–water partition coefficient (Wildman–Crippen LogP) is 4.97. The normalized spacial score (nSPS) is 22.6. The average molecular weight is 450 g/mol. The van der Waals surface area contributed by atoms with Gasteiger partial charge in [-0.25, -0.2) is 9.97 Å². The molecule has 2 fully saturated rings. The molecule has 0 atom stereocenters. The first-order valence-electron chi connectivity index (χ1n) is 10.7. The molecule has 0 radical (unpaired) electrons. The van der Waals surface area contributed by atoms with Gasteiger partial charge in [-0.1, -0.05) is 23.2 Å². The molecule has 30 heavy (non-hydrogen) atoms. The van der Waals surface area contributed by atoms with Gasteiger partial charge in [0.05, 0.1) is 10.7 Å². The van der Waals surface area contributed by atoms with Crippen LogP contribution in [-0.4, -0.2) is 41.8 Å². The van der Waals surface area contributed by atoms with Crippen LogP contribution in [-0.2, 0) is 4.74 Å². The zero-order valence-electron chi connectivity index (χ0n) is 17.0. The smallest absolute Gasteiger partial charge is 0.152 e. The predicted molar refractivity (Wildman–Crippen MR) is 123 cm³/mol. The van der Waals surface area contributed by atoms with Crippen LogP contribution in [0, 0.1) is 5.92 Å². The summed E-state index contributed by atoms with van der Waals surface area (Å²) in [6.07, 6.45) is 9.78. The topological polar surface area (TPSA) is 85.1 Å². The Morgan fingerprint density at radius 2 is 1.77 bits per heavy atom. The van der Waals surface area contributed by atoms with Gasteiger partial charge in [0.25, 0.3) is 0 Å². The van der Waals surface area contributed by atoms with Gasteiger partial charge in [-0.15, -0.1) is 0 Å². The summed E-state index contributed by atoms with van der Waals surface area (Å²) in [6, 6.07) is 4.72. The number of nitrogens with zero attached hydrogens (tertiary/aromatic N) is 2. The molecule has 0 spiro atoms. The molecule has 0 aromatic carbocycles. The van der Waals surface area contributed by atoms with Crippen molar-refractivity contribution in [3.63, 3.8) is 0 Å². The number of rotatable bonds is 6. The highest BCUT2D eigenvalue weighted by molar-refractivity contribution is 6.33. The van der Waals surface area contributed by atoms with E-state index in [2.05, 4.69) is 20.6 Å². The van der Waals surface area contributed by atoms with Gasteiger partial charge in [-0.3, -0.25) is 0 Å². The number of nitrogens with two attached hydrogens (primary N) is 1. The summed E-state index contributed by atoms with van der Waals surface area (Å²) in [4.78, 5) is 8.85. The van der Waals surface area contributed by atoms with E-state index in [4.69, 9.17) is 33.7 Å². The molecule has 162 valence electrons. The van der Waals surface area contributed by atoms with Crippen molar-refractivity contribution in [2.45, 2.75) is 50.6 Å². The van der Waals surface area contributed by atoms with Crippen molar-refractivity contribution in [2.75, 3.05) is 30.4 Å². The van der Waals surface area contributed by atoms with Crippen LogP contribution in [0.1, 0.15) is 38.5 Å². The zero-order valence-corrected chi connectivity index (χ0v) is 18.6. The summed E-state index contributed by atoms with van der Waals surface area (Å²) in [5.74, 6) is 1.41. The molecule has 0 unspecified atom stereocenters. The van der Waals surface area contributed by atoms with Crippen LogP contribution in [0.4, 0.5) is 11.5 Å². The minimum atomic E-state index is 0.323. The van der Waals surface area contributed by atoms with E-state index < -0.39 is 0 Å². The van der Waals surface area contributed by atoms with Gasteiger partial charge in [-0.2, -0.15) is 0 Å². The van der Waals surface area contributed by atoms with E-state index >= 15 is 0 Å². The summed E-state index contributed by atoms with van der Waals surface area (Å²) in [5, 5.41) is 8.05. The molecule has 1 aliphatic heterocycles. The van der Waals surface area contributed by atoms with Crippen LogP contribution >= 0.6 is 23.2 Å². The summed E-state index contributed by atoms with van der Waals surface area (Å²) < 4.78 is 5.44. The molecule has 2 aromatic rings. The molecule has 1 saturated heterocycles. The lowest BCUT2D eigenvalue weighted by atomic mass is 9.92. The van der Waals surface area contributed by atoms with Crippen molar-refractivity contribution in [3.8, 4) is 11.1 Å². The highest BCUT2D eigenvalue weighted by Gasteiger charge is 2.19. The van der Waals surface area contributed by atoms with Gasteiger partial charge in [0, 0.05) is 55.4 Å². The van der Waals surface area contributed by atoms with Crippen molar-refractivity contribution in [1.82, 2.24) is 9.97 Å². The van der Waals surface area contributed by atoms with E-state index in [0.717, 1.165) is 80.9 Å². The molecule has 4 N–H and O–H groups in total. The number of pyridine rings is 2. The van der Waals surface area contributed by atoms with Gasteiger partial charge in [0.1, 0.15) is 5.82 Å². The summed E-state index contributed by atoms with van der Waals surface area (Å²) >= 11 is 12.8. The Balaban J connectivity index is 1.48. The van der Waals surface area contributed by atoms with Crippen LogP contribution < -0.4 is 16.4 Å². The Bertz CT molecular complexity index is 851. The second-order valence-electron chi connectivity index (χ2n) is 8.30. The average Bonchev–Trinajstić information content (AvgIpc) is 2.77. The number of aromatic nitrogens is 2. The van der Waals surface area contributed by atoms with Gasteiger partial charge < -0.3 is 21.1 Å². The first kappa shape index (κ1) is 21.6. The van der Waals surface area contributed by atoms with E-state index in [1.165, 1.54) is 0 Å². The maximum Gasteiger partial charge on any atom is 0.152 e. The zero-order chi connectivity index (χ0) is 20.9. The second kappa shape index (κ2) is 10.1. The van der Waals surface area contributed by atoms with Crippen LogP contribution in [0.5, 0.6) is 0 Å². The van der Waals surface area contributed by atoms with Crippen LogP contribution in [0.3, 0.4) is 0 Å². The lowest BCUT2D eigenvalue weighted by molar-refractivity contribution is 0.0699. The highest BCUT2D eigenvalue weighted by Crippen LogP contribution is 2.33. The third kappa shape index (κ3) is 5.55. The van der Waals surface area contributed by atoms with E-state index in [0.29, 0.717) is 28.2 Å². The third-order valence-corrected chi connectivity index (χ3v) is 6.65. The summed E-state index contributed by atoms with van der Waals surface area (Å²) in [5.41, 5.74) is 8.64. The standard InChI is InChI=1S/C22H29Cl2N5O/c23-19-13-27-21(29-17-3-1-16(25)2-4-17)10-18(19)15-9-20(22(24)28-12-15)26-11-14-5-7-30-8-6-14/h9-10,12-14,16-17,26H,1-8,11,25H2,(H,27,29)/t16-,17-. The summed E-state index contributed by atoms with van der Waals surface area (Å²) in [6.45, 7) is 2.51. The molecule has 1 aliphatic carbocycles. The Morgan fingerprint density at radius 3 is 2.53 bits per heavy atom. The van der Waals surface area contributed by atoms with Crippen molar-refractivity contribution in [3.05, 3.63) is 34.7 Å². The SMILES string of the molecule is N[C@H]1CC[C@H](Nc2cc(-c3cnc(Cl)c(NCC4CCOCC4)c3)c(Cl)cn2)CC1. The Kier molecular flexibility index (Phi) is 7.31. The quantitative estimate of drug-likeness (QED) is 0.539. The van der Waals surface area contributed by atoms with Gasteiger partial charge in [0.15, 0.2) is 5.15 Å². The molecule has 2 aliphatic rings. The molecule has 0 bridgehead atoms. The lowest BCUT2D eigenvalue weighted by Crippen LogP contribution is -2.33. The number of nitrogens with one attached hydrogen (secondary N) is 2. The first-order chi connectivity index (χ1) is 14.6. The minimum absolute atomic E-state index is 0.323. The maximum absolute atomic E-state index is 6.48. The van der Waals surface area contributed by atoms with Gasteiger partial charge in [0.2, 0.25) is 0 Å². The van der Waals surface area contributed by atoms with E-state index in [-0.39, 0.29) is 0 Å². The molecule has 3 heterocycles. The molecule has 6 nitrogen and oxygen atoms in total. The first-order valence-corrected chi connectivity index (χ1v) is 11.5. The minimum Gasteiger partial charge on any atom is -0.382 e.